The highest BCUT2D eigenvalue weighted by molar-refractivity contribution is 7.92. The van der Waals surface area contributed by atoms with Crippen LogP contribution in [0.4, 0.5) is 5.69 Å². The third-order valence-corrected chi connectivity index (χ3v) is 7.96. The number of aryl methyl sites for hydroxylation is 1. The van der Waals surface area contributed by atoms with Crippen LogP contribution in [0.25, 0.3) is 0 Å². The van der Waals surface area contributed by atoms with Crippen LogP contribution in [0.1, 0.15) is 65.0 Å². The molecule has 10 heteroatoms. The molecule has 1 atom stereocenters. The van der Waals surface area contributed by atoms with Crippen molar-refractivity contribution in [1.29, 1.82) is 0 Å². The third kappa shape index (κ3) is 9.17. The minimum Gasteiger partial charge on any atom is -0.350 e. The highest BCUT2D eigenvalue weighted by atomic mass is 35.5. The van der Waals surface area contributed by atoms with E-state index in [1.165, 1.54) is 9.21 Å². The lowest BCUT2D eigenvalue weighted by Gasteiger charge is -2.33. The van der Waals surface area contributed by atoms with Gasteiger partial charge in [0.25, 0.3) is 0 Å². The Bertz CT molecular complexity index is 1190. The maximum absolute atomic E-state index is 13.6. The molecule has 0 bridgehead atoms. The van der Waals surface area contributed by atoms with E-state index >= 15 is 0 Å². The summed E-state index contributed by atoms with van der Waals surface area (Å²) in [5.74, 6) is -0.558. The Morgan fingerprint density at radius 3 is 2.05 bits per heavy atom. The molecule has 0 heterocycles. The summed E-state index contributed by atoms with van der Waals surface area (Å²) in [5.41, 5.74) is 1.73. The Morgan fingerprint density at radius 2 is 1.58 bits per heavy atom. The first-order valence-corrected chi connectivity index (χ1v) is 15.4. The molecule has 0 saturated carbocycles. The number of carbonyl (C=O) groups is 2. The number of nitrogens with zero attached hydrogens (tertiary/aromatic N) is 2. The van der Waals surface area contributed by atoms with Crippen LogP contribution in [-0.2, 0) is 32.6 Å². The van der Waals surface area contributed by atoms with Gasteiger partial charge >= 0.3 is 0 Å². The molecule has 0 aromatic heterocycles. The fraction of sp³-hybridized carbons (Fsp3) is 0.500. The Hall–Kier alpha value is -2.29. The van der Waals surface area contributed by atoms with Gasteiger partial charge in [-0.3, -0.25) is 13.9 Å². The molecular formula is C28H39Cl2N3O4S. The number of benzene rings is 2. The summed E-state index contributed by atoms with van der Waals surface area (Å²) in [6, 6.07) is 11.7. The Balaban J connectivity index is 2.29. The fourth-order valence-electron chi connectivity index (χ4n) is 4.13. The maximum Gasteiger partial charge on any atom is 0.243 e. The van der Waals surface area contributed by atoms with Gasteiger partial charge in [-0.2, -0.15) is 0 Å². The van der Waals surface area contributed by atoms with Crippen molar-refractivity contribution in [3.8, 4) is 0 Å². The van der Waals surface area contributed by atoms with Crippen LogP contribution in [0.15, 0.2) is 42.5 Å². The number of amides is 2. The van der Waals surface area contributed by atoms with Crippen molar-refractivity contribution in [3.05, 3.63) is 63.6 Å². The van der Waals surface area contributed by atoms with E-state index in [0.717, 1.165) is 18.2 Å². The topological polar surface area (TPSA) is 86.8 Å². The first-order chi connectivity index (χ1) is 17.7. The zero-order valence-electron chi connectivity index (χ0n) is 23.1. The van der Waals surface area contributed by atoms with Crippen molar-refractivity contribution in [2.45, 2.75) is 78.4 Å². The van der Waals surface area contributed by atoms with Crippen molar-refractivity contribution < 1.29 is 18.0 Å². The molecule has 0 aliphatic rings. The molecule has 0 radical (unpaired) electrons. The maximum atomic E-state index is 13.6. The Kier molecular flexibility index (Phi) is 11.5. The average molecular weight is 585 g/mol. The summed E-state index contributed by atoms with van der Waals surface area (Å²) < 4.78 is 26.4. The molecule has 0 fully saturated rings. The van der Waals surface area contributed by atoms with E-state index in [0.29, 0.717) is 27.7 Å². The number of sulfonamides is 1. The molecule has 2 aromatic carbocycles. The minimum absolute atomic E-state index is 0.0421. The Morgan fingerprint density at radius 1 is 1.00 bits per heavy atom. The predicted octanol–water partition coefficient (Wildman–Crippen LogP) is 5.82. The standard InChI is InChI=1S/C28H39Cl2N3O4S/c1-7-20-14-16-21(17-15-20)33(38(6,36)37)18-10-13-26(34)32(19-22-23(29)11-9-12-24(22)30)25(8-2)27(35)31-28(3,4)5/h9,11-12,14-17,25H,7-8,10,13,18-19H2,1-6H3,(H,31,35)/t25-/m1/s1. The highest BCUT2D eigenvalue weighted by Crippen LogP contribution is 2.28. The molecule has 0 saturated heterocycles. The largest absolute Gasteiger partial charge is 0.350 e. The average Bonchev–Trinajstić information content (AvgIpc) is 2.81. The van der Waals surface area contributed by atoms with E-state index in [4.69, 9.17) is 23.2 Å². The summed E-state index contributed by atoms with van der Waals surface area (Å²) in [5, 5.41) is 3.77. The molecule has 2 aromatic rings. The highest BCUT2D eigenvalue weighted by Gasteiger charge is 2.31. The lowest BCUT2D eigenvalue weighted by molar-refractivity contribution is -0.142. The van der Waals surface area contributed by atoms with Gasteiger partial charge in [-0.05, 0) is 69.9 Å². The second-order valence-electron chi connectivity index (χ2n) is 10.3. The van der Waals surface area contributed by atoms with Crippen LogP contribution in [0.2, 0.25) is 10.0 Å². The number of hydrogen-bond acceptors (Lipinski definition) is 4. The van der Waals surface area contributed by atoms with E-state index in [2.05, 4.69) is 5.32 Å². The van der Waals surface area contributed by atoms with Crippen molar-refractivity contribution in [1.82, 2.24) is 10.2 Å². The molecule has 0 unspecified atom stereocenters. The van der Waals surface area contributed by atoms with E-state index < -0.39 is 21.6 Å². The van der Waals surface area contributed by atoms with Crippen LogP contribution in [0.3, 0.4) is 0 Å². The van der Waals surface area contributed by atoms with Gasteiger partial charge in [0, 0.05) is 40.7 Å². The van der Waals surface area contributed by atoms with Crippen LogP contribution in [0.5, 0.6) is 0 Å². The van der Waals surface area contributed by atoms with E-state index in [-0.39, 0.29) is 37.7 Å². The molecule has 38 heavy (non-hydrogen) atoms. The molecule has 0 aliphatic heterocycles. The zero-order valence-corrected chi connectivity index (χ0v) is 25.4. The number of nitrogens with one attached hydrogen (secondary N) is 1. The van der Waals surface area contributed by atoms with Gasteiger partial charge in [-0.1, -0.05) is 55.2 Å². The second kappa shape index (κ2) is 13.7. The van der Waals surface area contributed by atoms with Crippen molar-refractivity contribution in [2.75, 3.05) is 17.1 Å². The van der Waals surface area contributed by atoms with E-state index in [1.54, 1.807) is 30.3 Å². The summed E-state index contributed by atoms with van der Waals surface area (Å²) in [6.45, 7) is 9.68. The van der Waals surface area contributed by atoms with Gasteiger partial charge in [0.15, 0.2) is 0 Å². The van der Waals surface area contributed by atoms with Crippen LogP contribution < -0.4 is 9.62 Å². The van der Waals surface area contributed by atoms with Gasteiger partial charge < -0.3 is 10.2 Å². The number of anilines is 1. The first kappa shape index (κ1) is 31.9. The van der Waals surface area contributed by atoms with E-state index in [9.17, 15) is 18.0 Å². The predicted molar refractivity (Wildman–Crippen MR) is 156 cm³/mol. The van der Waals surface area contributed by atoms with Crippen molar-refractivity contribution >= 4 is 50.7 Å². The monoisotopic (exact) mass is 583 g/mol. The summed E-state index contributed by atoms with van der Waals surface area (Å²) in [6.07, 6.45) is 2.69. The zero-order chi connectivity index (χ0) is 28.7. The van der Waals surface area contributed by atoms with Gasteiger partial charge in [0.2, 0.25) is 21.8 Å². The molecule has 1 N–H and O–H groups in total. The van der Waals surface area contributed by atoms with Gasteiger partial charge in [0.1, 0.15) is 6.04 Å². The number of rotatable bonds is 12. The SMILES string of the molecule is CCc1ccc(N(CCCC(=O)N(Cc2c(Cl)cccc2Cl)[C@H](CC)C(=O)NC(C)(C)C)S(C)(=O)=O)cc1. The molecule has 2 rings (SSSR count). The van der Waals surface area contributed by atoms with Gasteiger partial charge in [-0.15, -0.1) is 0 Å². The summed E-state index contributed by atoms with van der Waals surface area (Å²) in [7, 11) is -3.56. The van der Waals surface area contributed by atoms with Crippen LogP contribution >= 0.6 is 23.2 Å². The molecule has 0 aliphatic carbocycles. The van der Waals surface area contributed by atoms with Gasteiger partial charge in [-0.25, -0.2) is 8.42 Å². The number of carbonyl (C=O) groups excluding carboxylic acids is 2. The Labute approximate surface area is 237 Å². The summed E-state index contributed by atoms with van der Waals surface area (Å²) >= 11 is 12.8. The summed E-state index contributed by atoms with van der Waals surface area (Å²) in [4.78, 5) is 28.3. The molecule has 0 spiro atoms. The lowest BCUT2D eigenvalue weighted by atomic mass is 10.0. The third-order valence-electron chi connectivity index (χ3n) is 6.06. The second-order valence-corrected chi connectivity index (χ2v) is 13.1. The van der Waals surface area contributed by atoms with Crippen molar-refractivity contribution in [2.24, 2.45) is 0 Å². The number of hydrogen-bond donors (Lipinski definition) is 1. The normalized spacial score (nSPS) is 12.6. The smallest absolute Gasteiger partial charge is 0.243 e. The molecular weight excluding hydrogens is 545 g/mol. The fourth-order valence-corrected chi connectivity index (χ4v) is 5.61. The minimum atomic E-state index is -3.56. The van der Waals surface area contributed by atoms with Gasteiger partial charge in [0.05, 0.1) is 11.9 Å². The van der Waals surface area contributed by atoms with Crippen LogP contribution in [-0.4, -0.2) is 49.5 Å². The molecule has 2 amide bonds. The number of halogens is 2. The molecule has 7 nitrogen and oxygen atoms in total. The quantitative estimate of drug-likeness (QED) is 0.341. The molecule has 210 valence electrons. The van der Waals surface area contributed by atoms with E-state index in [1.807, 2.05) is 46.8 Å². The first-order valence-electron chi connectivity index (χ1n) is 12.8. The van der Waals surface area contributed by atoms with Crippen LogP contribution in [0, 0.1) is 0 Å². The van der Waals surface area contributed by atoms with Crippen molar-refractivity contribution in [3.63, 3.8) is 0 Å². The lowest BCUT2D eigenvalue weighted by Crippen LogP contribution is -2.53.